The van der Waals surface area contributed by atoms with Crippen molar-refractivity contribution < 1.29 is 0 Å². The Hall–Kier alpha value is -0.790. The summed E-state index contributed by atoms with van der Waals surface area (Å²) in [5.74, 6) is 0. The van der Waals surface area contributed by atoms with Gasteiger partial charge in [0.05, 0.1) is 0 Å². The molecule has 0 bridgehead atoms. The number of hydrogen-bond acceptors (Lipinski definition) is 2. The predicted molar refractivity (Wildman–Crippen MR) is 46.2 cm³/mol. The van der Waals surface area contributed by atoms with Crippen LogP contribution in [0.2, 0.25) is 0 Å². The molecular weight excluding hydrogens is 124 g/mol. The van der Waals surface area contributed by atoms with E-state index in [0.717, 1.165) is 18.4 Å². The molecule has 0 aromatic rings. The van der Waals surface area contributed by atoms with Crippen LogP contribution >= 0.6 is 0 Å². The second-order valence-corrected chi connectivity index (χ2v) is 2.50. The van der Waals surface area contributed by atoms with Crippen LogP contribution in [0.3, 0.4) is 0 Å². The van der Waals surface area contributed by atoms with E-state index < -0.39 is 0 Å². The van der Waals surface area contributed by atoms with Gasteiger partial charge in [0.25, 0.3) is 0 Å². The highest BCUT2D eigenvalue weighted by Crippen LogP contribution is 1.97. The lowest BCUT2D eigenvalue weighted by molar-refractivity contribution is 0.440. The van der Waals surface area contributed by atoms with Crippen LogP contribution < -0.4 is 0 Å². The van der Waals surface area contributed by atoms with E-state index >= 15 is 0 Å². The molecular formula is C8H16N2. The standard InChI is InChI=1S/C8H16N2/c1-5-6-8(2)7-9-10(3)4/h7H,2,5-6H2,1,3-4H3. The maximum absolute atomic E-state index is 4.05. The molecule has 58 valence electrons. The summed E-state index contributed by atoms with van der Waals surface area (Å²) in [6, 6.07) is 0. The molecule has 0 aliphatic rings. The summed E-state index contributed by atoms with van der Waals surface area (Å²) >= 11 is 0. The molecule has 0 spiro atoms. The third kappa shape index (κ3) is 5.35. The molecule has 2 nitrogen and oxygen atoms in total. The van der Waals surface area contributed by atoms with Crippen LogP contribution in [-0.4, -0.2) is 25.3 Å². The number of hydrazone groups is 1. The molecule has 0 aliphatic heterocycles. The van der Waals surface area contributed by atoms with Crippen molar-refractivity contribution in [3.63, 3.8) is 0 Å². The van der Waals surface area contributed by atoms with E-state index in [4.69, 9.17) is 0 Å². The quantitative estimate of drug-likeness (QED) is 0.430. The van der Waals surface area contributed by atoms with Crippen molar-refractivity contribution in [2.45, 2.75) is 19.8 Å². The Morgan fingerprint density at radius 2 is 2.20 bits per heavy atom. The summed E-state index contributed by atoms with van der Waals surface area (Å²) in [4.78, 5) is 0. The molecule has 0 unspecified atom stereocenters. The van der Waals surface area contributed by atoms with E-state index in [1.165, 1.54) is 0 Å². The Bertz CT molecular complexity index is 125. The zero-order chi connectivity index (χ0) is 7.98. The first kappa shape index (κ1) is 9.21. The van der Waals surface area contributed by atoms with Crippen LogP contribution in [0.1, 0.15) is 19.8 Å². The van der Waals surface area contributed by atoms with Crippen molar-refractivity contribution in [2.75, 3.05) is 14.1 Å². The number of nitrogens with zero attached hydrogens (tertiary/aromatic N) is 2. The fourth-order valence-corrected chi connectivity index (χ4v) is 0.583. The van der Waals surface area contributed by atoms with Gasteiger partial charge in [-0.2, -0.15) is 5.10 Å². The van der Waals surface area contributed by atoms with Crippen LogP contribution in [0.25, 0.3) is 0 Å². The lowest BCUT2D eigenvalue weighted by Gasteiger charge is -2.02. The molecule has 2 heteroatoms. The minimum Gasteiger partial charge on any atom is -0.303 e. The van der Waals surface area contributed by atoms with Gasteiger partial charge in [0.2, 0.25) is 0 Å². The smallest absolute Gasteiger partial charge is 0.0496 e. The normalized spacial score (nSPS) is 10.3. The first-order valence-corrected chi connectivity index (χ1v) is 3.56. The zero-order valence-corrected chi connectivity index (χ0v) is 7.09. The summed E-state index contributed by atoms with van der Waals surface area (Å²) < 4.78 is 0. The van der Waals surface area contributed by atoms with E-state index in [1.54, 1.807) is 5.01 Å². The van der Waals surface area contributed by atoms with Gasteiger partial charge in [-0.3, -0.25) is 0 Å². The maximum Gasteiger partial charge on any atom is 0.0496 e. The van der Waals surface area contributed by atoms with E-state index in [1.807, 2.05) is 20.3 Å². The van der Waals surface area contributed by atoms with Gasteiger partial charge in [-0.1, -0.05) is 19.9 Å². The van der Waals surface area contributed by atoms with Crippen LogP contribution in [0.4, 0.5) is 0 Å². The summed E-state index contributed by atoms with van der Waals surface area (Å²) in [7, 11) is 3.80. The van der Waals surface area contributed by atoms with Crippen molar-refractivity contribution in [1.29, 1.82) is 0 Å². The molecule has 0 fully saturated rings. The Kier molecular flexibility index (Phi) is 4.63. The van der Waals surface area contributed by atoms with Crippen molar-refractivity contribution in [1.82, 2.24) is 5.01 Å². The third-order valence-corrected chi connectivity index (χ3v) is 1.04. The van der Waals surface area contributed by atoms with Gasteiger partial charge in [0, 0.05) is 20.3 Å². The molecule has 0 rings (SSSR count). The highest BCUT2D eigenvalue weighted by molar-refractivity contribution is 5.77. The monoisotopic (exact) mass is 140 g/mol. The highest BCUT2D eigenvalue weighted by Gasteiger charge is 1.85. The fraction of sp³-hybridized carbons (Fsp3) is 0.625. The second-order valence-electron chi connectivity index (χ2n) is 2.50. The molecule has 0 atom stereocenters. The molecule has 0 amide bonds. The van der Waals surface area contributed by atoms with Gasteiger partial charge in [-0.15, -0.1) is 0 Å². The summed E-state index contributed by atoms with van der Waals surface area (Å²) in [5, 5.41) is 5.82. The molecule has 0 radical (unpaired) electrons. The average molecular weight is 140 g/mol. The van der Waals surface area contributed by atoms with Gasteiger partial charge >= 0.3 is 0 Å². The summed E-state index contributed by atoms with van der Waals surface area (Å²) in [6.45, 7) is 5.97. The summed E-state index contributed by atoms with van der Waals surface area (Å²) in [6.07, 6.45) is 3.99. The number of hydrogen-bond donors (Lipinski definition) is 0. The van der Waals surface area contributed by atoms with E-state index in [9.17, 15) is 0 Å². The first-order chi connectivity index (χ1) is 4.66. The number of allylic oxidation sites excluding steroid dienone is 1. The molecule has 0 saturated carbocycles. The van der Waals surface area contributed by atoms with Crippen molar-refractivity contribution in [3.8, 4) is 0 Å². The van der Waals surface area contributed by atoms with Crippen LogP contribution in [0, 0.1) is 0 Å². The van der Waals surface area contributed by atoms with E-state index in [2.05, 4.69) is 18.6 Å². The minimum atomic E-state index is 1.04. The molecule has 0 aromatic carbocycles. The molecule has 0 aliphatic carbocycles. The third-order valence-electron chi connectivity index (χ3n) is 1.04. The minimum absolute atomic E-state index is 1.04. The van der Waals surface area contributed by atoms with Gasteiger partial charge in [-0.25, -0.2) is 0 Å². The predicted octanol–water partition coefficient (Wildman–Crippen LogP) is 1.89. The Morgan fingerprint density at radius 1 is 1.60 bits per heavy atom. The van der Waals surface area contributed by atoms with Crippen molar-refractivity contribution in [3.05, 3.63) is 12.2 Å². The van der Waals surface area contributed by atoms with Gasteiger partial charge in [0.1, 0.15) is 0 Å². The fourth-order valence-electron chi connectivity index (χ4n) is 0.583. The molecule has 0 aromatic heterocycles. The van der Waals surface area contributed by atoms with Gasteiger partial charge < -0.3 is 5.01 Å². The Labute approximate surface area is 63.2 Å². The maximum atomic E-state index is 4.05. The SMILES string of the molecule is C=C(C=NN(C)C)CCC. The summed E-state index contributed by atoms with van der Waals surface area (Å²) in [5.41, 5.74) is 1.09. The first-order valence-electron chi connectivity index (χ1n) is 3.56. The number of rotatable bonds is 4. The lowest BCUT2D eigenvalue weighted by Crippen LogP contribution is -2.01. The van der Waals surface area contributed by atoms with Crippen molar-refractivity contribution >= 4 is 6.21 Å². The Morgan fingerprint density at radius 3 is 2.60 bits per heavy atom. The van der Waals surface area contributed by atoms with Crippen molar-refractivity contribution in [2.24, 2.45) is 5.10 Å². The van der Waals surface area contributed by atoms with Crippen LogP contribution in [0.5, 0.6) is 0 Å². The average Bonchev–Trinajstić information content (AvgIpc) is 1.85. The van der Waals surface area contributed by atoms with Crippen LogP contribution in [-0.2, 0) is 0 Å². The zero-order valence-electron chi connectivity index (χ0n) is 7.09. The second kappa shape index (κ2) is 5.03. The van der Waals surface area contributed by atoms with E-state index in [0.29, 0.717) is 0 Å². The lowest BCUT2D eigenvalue weighted by atomic mass is 10.2. The topological polar surface area (TPSA) is 15.6 Å². The highest BCUT2D eigenvalue weighted by atomic mass is 15.4. The van der Waals surface area contributed by atoms with Crippen LogP contribution in [0.15, 0.2) is 17.3 Å². The molecule has 10 heavy (non-hydrogen) atoms. The van der Waals surface area contributed by atoms with E-state index in [-0.39, 0.29) is 0 Å². The molecule has 0 heterocycles. The Balaban J connectivity index is 3.56. The molecule has 0 saturated heterocycles. The van der Waals surface area contributed by atoms with Gasteiger partial charge in [-0.05, 0) is 12.0 Å². The molecule has 0 N–H and O–H groups in total. The van der Waals surface area contributed by atoms with Gasteiger partial charge in [0.15, 0.2) is 0 Å². The largest absolute Gasteiger partial charge is 0.303 e.